The Bertz CT molecular complexity index is 486. The molecule has 0 bridgehead atoms. The van der Waals surface area contributed by atoms with E-state index in [-0.39, 0.29) is 6.61 Å². The molecule has 1 unspecified atom stereocenters. The van der Waals surface area contributed by atoms with Gasteiger partial charge in [-0.25, -0.2) is 9.59 Å². The lowest BCUT2D eigenvalue weighted by molar-refractivity contribution is -0.157. The van der Waals surface area contributed by atoms with Crippen LogP contribution in [-0.2, 0) is 19.3 Å². The minimum absolute atomic E-state index is 0.267. The molecule has 0 fully saturated rings. The molecular weight excluding hydrogens is 256 g/mol. The van der Waals surface area contributed by atoms with Gasteiger partial charge in [-0.2, -0.15) is 0 Å². The molecule has 1 atom stereocenters. The Kier molecular flexibility index (Phi) is 3.57. The van der Waals surface area contributed by atoms with Crippen LogP contribution in [0.15, 0.2) is 24.3 Å². The maximum atomic E-state index is 11.9. The van der Waals surface area contributed by atoms with E-state index in [2.05, 4.69) is 0 Å². The highest BCUT2D eigenvalue weighted by Crippen LogP contribution is 2.40. The summed E-state index contributed by atoms with van der Waals surface area (Å²) in [6, 6.07) is 6.54. The maximum absolute atomic E-state index is 11.9. The molecule has 0 saturated heterocycles. The van der Waals surface area contributed by atoms with Crippen LogP contribution in [0.4, 0.5) is 0 Å². The first-order chi connectivity index (χ1) is 8.59. The Balaban J connectivity index is 2.22. The molecule has 1 aliphatic rings. The van der Waals surface area contributed by atoms with Crippen molar-refractivity contribution < 1.29 is 19.1 Å². The zero-order valence-corrected chi connectivity index (χ0v) is 10.7. The third-order valence-corrected chi connectivity index (χ3v) is 3.16. The van der Waals surface area contributed by atoms with E-state index in [0.717, 1.165) is 12.8 Å². The lowest BCUT2D eigenvalue weighted by atomic mass is 10.1. The van der Waals surface area contributed by atoms with Crippen LogP contribution >= 0.6 is 11.6 Å². The maximum Gasteiger partial charge on any atom is 0.371 e. The first-order valence-electron chi connectivity index (χ1n) is 5.78. The minimum atomic E-state index is -1.83. The summed E-state index contributed by atoms with van der Waals surface area (Å²) >= 11 is 6.11. The van der Waals surface area contributed by atoms with Gasteiger partial charge >= 0.3 is 17.0 Å². The molecule has 1 heterocycles. The molecule has 5 heteroatoms. The number of hydrogen-bond acceptors (Lipinski definition) is 4. The number of carbonyl (C=O) groups excluding carboxylic acids is 2. The summed E-state index contributed by atoms with van der Waals surface area (Å²) in [6.45, 7) is 2.25. The molecule has 4 nitrogen and oxygen atoms in total. The van der Waals surface area contributed by atoms with Gasteiger partial charge in [0.05, 0.1) is 12.2 Å². The van der Waals surface area contributed by atoms with Crippen molar-refractivity contribution in [3.8, 4) is 0 Å². The number of hydrogen-bond donors (Lipinski definition) is 0. The van der Waals surface area contributed by atoms with Gasteiger partial charge < -0.3 is 9.47 Å². The van der Waals surface area contributed by atoms with Crippen LogP contribution in [0.25, 0.3) is 0 Å². The van der Waals surface area contributed by atoms with E-state index in [9.17, 15) is 9.59 Å². The summed E-state index contributed by atoms with van der Waals surface area (Å²) in [5.74, 6) is -1.34. The number of unbranched alkanes of at least 4 members (excludes halogenated alkanes) is 1. The van der Waals surface area contributed by atoms with Gasteiger partial charge in [0.15, 0.2) is 0 Å². The van der Waals surface area contributed by atoms with Gasteiger partial charge in [0.2, 0.25) is 0 Å². The molecular formula is C13H13ClO4. The third-order valence-electron chi connectivity index (χ3n) is 2.72. The molecule has 0 radical (unpaired) electrons. The van der Waals surface area contributed by atoms with Crippen molar-refractivity contribution in [2.75, 3.05) is 6.61 Å². The number of carbonyl (C=O) groups is 2. The molecule has 0 aromatic heterocycles. The van der Waals surface area contributed by atoms with Crippen LogP contribution in [0.5, 0.6) is 0 Å². The second kappa shape index (κ2) is 4.98. The van der Waals surface area contributed by atoms with Crippen molar-refractivity contribution in [3.63, 3.8) is 0 Å². The normalized spacial score (nSPS) is 21.3. The van der Waals surface area contributed by atoms with Crippen molar-refractivity contribution in [2.24, 2.45) is 0 Å². The molecule has 0 saturated carbocycles. The molecule has 0 N–H and O–H groups in total. The van der Waals surface area contributed by atoms with E-state index in [0.29, 0.717) is 11.1 Å². The van der Waals surface area contributed by atoms with Crippen molar-refractivity contribution in [1.29, 1.82) is 0 Å². The predicted molar refractivity (Wildman–Crippen MR) is 65.3 cm³/mol. The van der Waals surface area contributed by atoms with Crippen LogP contribution in [-0.4, -0.2) is 18.5 Å². The average molecular weight is 269 g/mol. The summed E-state index contributed by atoms with van der Waals surface area (Å²) in [4.78, 5) is 23.5. The van der Waals surface area contributed by atoms with Crippen LogP contribution in [0, 0.1) is 0 Å². The Morgan fingerprint density at radius 1 is 1.44 bits per heavy atom. The summed E-state index contributed by atoms with van der Waals surface area (Å²) < 4.78 is 9.99. The molecule has 0 amide bonds. The number of ether oxygens (including phenoxy) is 2. The standard InChI is InChI=1S/C13H13ClO4/c1-2-3-8-17-12(16)13(14)10-7-5-4-6-9(10)11(15)18-13/h4-7H,2-3,8H2,1H3. The first kappa shape index (κ1) is 12.9. The highest BCUT2D eigenvalue weighted by molar-refractivity contribution is 6.35. The quantitative estimate of drug-likeness (QED) is 0.478. The fourth-order valence-corrected chi connectivity index (χ4v) is 2.02. The number of halogens is 1. The van der Waals surface area contributed by atoms with Gasteiger partial charge in [0, 0.05) is 5.56 Å². The Hall–Kier alpha value is -1.55. The zero-order valence-electron chi connectivity index (χ0n) is 9.94. The summed E-state index contributed by atoms with van der Waals surface area (Å²) in [5.41, 5.74) is 0.651. The molecule has 2 rings (SSSR count). The third kappa shape index (κ3) is 2.08. The smallest absolute Gasteiger partial charge is 0.371 e. The number of esters is 2. The minimum Gasteiger partial charge on any atom is -0.461 e. The first-order valence-corrected chi connectivity index (χ1v) is 6.16. The Labute approximate surface area is 110 Å². The molecule has 1 aromatic rings. The highest BCUT2D eigenvalue weighted by Gasteiger charge is 2.51. The summed E-state index contributed by atoms with van der Waals surface area (Å²) in [7, 11) is 0. The fraction of sp³-hybridized carbons (Fsp3) is 0.385. The van der Waals surface area contributed by atoms with E-state index in [4.69, 9.17) is 21.1 Å². The molecule has 0 spiro atoms. The number of benzene rings is 1. The molecule has 18 heavy (non-hydrogen) atoms. The van der Waals surface area contributed by atoms with E-state index in [1.807, 2.05) is 6.92 Å². The van der Waals surface area contributed by atoms with Crippen LogP contribution in [0.3, 0.4) is 0 Å². The molecule has 0 aliphatic carbocycles. The van der Waals surface area contributed by atoms with Crippen LogP contribution < -0.4 is 0 Å². The average Bonchev–Trinajstić information content (AvgIpc) is 2.64. The van der Waals surface area contributed by atoms with E-state index in [1.54, 1.807) is 24.3 Å². The Morgan fingerprint density at radius 3 is 2.89 bits per heavy atom. The second-order valence-electron chi connectivity index (χ2n) is 4.02. The topological polar surface area (TPSA) is 52.6 Å². The van der Waals surface area contributed by atoms with Gasteiger partial charge in [-0.3, -0.25) is 0 Å². The summed E-state index contributed by atoms with van der Waals surface area (Å²) in [6.07, 6.45) is 1.65. The number of alkyl halides is 1. The van der Waals surface area contributed by atoms with Crippen molar-refractivity contribution in [3.05, 3.63) is 35.4 Å². The van der Waals surface area contributed by atoms with Gasteiger partial charge in [-0.05, 0) is 12.5 Å². The SMILES string of the molecule is CCCCOC(=O)C1(Cl)OC(=O)c2ccccc21. The fourth-order valence-electron chi connectivity index (χ4n) is 1.73. The van der Waals surface area contributed by atoms with Gasteiger partial charge in [-0.1, -0.05) is 43.1 Å². The van der Waals surface area contributed by atoms with Gasteiger partial charge in [0.1, 0.15) is 0 Å². The Morgan fingerprint density at radius 2 is 2.17 bits per heavy atom. The van der Waals surface area contributed by atoms with Gasteiger partial charge in [-0.15, -0.1) is 0 Å². The summed E-state index contributed by atoms with van der Waals surface area (Å²) in [5, 5.41) is -1.83. The number of fused-ring (bicyclic) bond motifs is 1. The molecule has 96 valence electrons. The highest BCUT2D eigenvalue weighted by atomic mass is 35.5. The van der Waals surface area contributed by atoms with Crippen molar-refractivity contribution in [2.45, 2.75) is 24.8 Å². The molecule has 1 aromatic carbocycles. The largest absolute Gasteiger partial charge is 0.461 e. The number of rotatable bonds is 4. The van der Waals surface area contributed by atoms with E-state index in [1.165, 1.54) is 0 Å². The van der Waals surface area contributed by atoms with Gasteiger partial charge in [0.25, 0.3) is 0 Å². The second-order valence-corrected chi connectivity index (χ2v) is 4.55. The van der Waals surface area contributed by atoms with Crippen molar-refractivity contribution in [1.82, 2.24) is 0 Å². The van der Waals surface area contributed by atoms with Crippen molar-refractivity contribution >= 4 is 23.5 Å². The predicted octanol–water partition coefficient (Wildman–Crippen LogP) is 2.59. The van der Waals surface area contributed by atoms with Crippen LogP contribution in [0.1, 0.15) is 35.7 Å². The lowest BCUT2D eigenvalue weighted by Crippen LogP contribution is -2.32. The molecule has 1 aliphatic heterocycles. The zero-order chi connectivity index (χ0) is 13.2. The van der Waals surface area contributed by atoms with Crippen LogP contribution in [0.2, 0.25) is 0 Å². The van der Waals surface area contributed by atoms with E-state index < -0.39 is 17.0 Å². The number of cyclic esters (lactones) is 1. The lowest BCUT2D eigenvalue weighted by Gasteiger charge is -2.19. The monoisotopic (exact) mass is 268 g/mol. The van der Waals surface area contributed by atoms with E-state index >= 15 is 0 Å².